The van der Waals surface area contributed by atoms with E-state index >= 15 is 0 Å². The number of rotatable bonds is 7. The fraction of sp³-hybridized carbons (Fsp3) is 0.588. The highest BCUT2D eigenvalue weighted by Gasteiger charge is 2.25. The van der Waals surface area contributed by atoms with Gasteiger partial charge in [0.1, 0.15) is 5.75 Å². The maximum atomic E-state index is 12.5. The van der Waals surface area contributed by atoms with Crippen LogP contribution in [0.1, 0.15) is 31.7 Å². The lowest BCUT2D eigenvalue weighted by molar-refractivity contribution is -0.0504. The van der Waals surface area contributed by atoms with Gasteiger partial charge in [-0.3, -0.25) is 0 Å². The summed E-state index contributed by atoms with van der Waals surface area (Å²) >= 11 is 5.94. The van der Waals surface area contributed by atoms with Crippen molar-refractivity contribution >= 4 is 41.5 Å². The molecule has 0 amide bonds. The van der Waals surface area contributed by atoms with Gasteiger partial charge in [-0.2, -0.15) is 8.78 Å². The molecular weight excluding hydrogens is 479 g/mol. The summed E-state index contributed by atoms with van der Waals surface area (Å²) in [6, 6.07) is 4.47. The van der Waals surface area contributed by atoms with Gasteiger partial charge in [-0.1, -0.05) is 18.0 Å². The lowest BCUT2D eigenvalue weighted by atomic mass is 10.1. The SMILES string of the molecule is CCNC(=NCc1cc(Cl)ccc1OC(F)F)NCC1CCCC1O.I. The molecule has 1 fully saturated rings. The molecular formula is C17H25ClF2IN3O2. The van der Waals surface area contributed by atoms with E-state index in [-0.39, 0.29) is 48.3 Å². The first kappa shape index (κ1) is 23.2. The zero-order valence-electron chi connectivity index (χ0n) is 14.6. The number of alkyl halides is 2. The number of hydrogen-bond acceptors (Lipinski definition) is 3. The molecule has 1 aromatic rings. The van der Waals surface area contributed by atoms with Gasteiger partial charge in [-0.15, -0.1) is 24.0 Å². The molecule has 0 bridgehead atoms. The number of nitrogens with one attached hydrogen (secondary N) is 2. The Balaban J connectivity index is 0.00000338. The molecule has 0 aliphatic heterocycles. The van der Waals surface area contributed by atoms with Gasteiger partial charge in [0.15, 0.2) is 5.96 Å². The number of guanidine groups is 1. The summed E-state index contributed by atoms with van der Waals surface area (Å²) in [6.45, 7) is 0.453. The normalized spacial score (nSPS) is 20.0. The van der Waals surface area contributed by atoms with Crippen LogP contribution in [0.3, 0.4) is 0 Å². The number of nitrogens with zero attached hydrogens (tertiary/aromatic N) is 1. The molecule has 9 heteroatoms. The van der Waals surface area contributed by atoms with E-state index in [1.807, 2.05) is 6.92 Å². The van der Waals surface area contributed by atoms with Crippen molar-refractivity contribution in [3.05, 3.63) is 28.8 Å². The minimum atomic E-state index is -2.90. The molecule has 26 heavy (non-hydrogen) atoms. The molecule has 0 saturated heterocycles. The van der Waals surface area contributed by atoms with Crippen LogP contribution < -0.4 is 15.4 Å². The Morgan fingerprint density at radius 1 is 1.38 bits per heavy atom. The van der Waals surface area contributed by atoms with Crippen LogP contribution in [-0.4, -0.2) is 36.9 Å². The molecule has 1 aliphatic rings. The van der Waals surface area contributed by atoms with E-state index in [1.54, 1.807) is 6.07 Å². The van der Waals surface area contributed by atoms with Gasteiger partial charge >= 0.3 is 6.61 Å². The molecule has 2 atom stereocenters. The Bertz CT molecular complexity index is 593. The van der Waals surface area contributed by atoms with Crippen molar-refractivity contribution in [2.75, 3.05) is 13.1 Å². The summed E-state index contributed by atoms with van der Waals surface area (Å²) in [5.41, 5.74) is 0.478. The van der Waals surface area contributed by atoms with Gasteiger partial charge in [0, 0.05) is 29.6 Å². The molecule has 1 aromatic carbocycles. The molecule has 2 unspecified atom stereocenters. The predicted molar refractivity (Wildman–Crippen MR) is 110 cm³/mol. The second kappa shape index (κ2) is 11.8. The number of hydrogen-bond donors (Lipinski definition) is 3. The molecule has 0 aromatic heterocycles. The van der Waals surface area contributed by atoms with Crippen LogP contribution in [0.15, 0.2) is 23.2 Å². The van der Waals surface area contributed by atoms with Gasteiger partial charge < -0.3 is 20.5 Å². The smallest absolute Gasteiger partial charge is 0.387 e. The molecule has 1 saturated carbocycles. The third-order valence-electron chi connectivity index (χ3n) is 4.14. The third-order valence-corrected chi connectivity index (χ3v) is 4.38. The molecule has 0 radical (unpaired) electrons. The zero-order valence-corrected chi connectivity index (χ0v) is 17.6. The van der Waals surface area contributed by atoms with E-state index in [4.69, 9.17) is 11.6 Å². The molecule has 3 N–H and O–H groups in total. The van der Waals surface area contributed by atoms with E-state index in [1.165, 1.54) is 12.1 Å². The van der Waals surface area contributed by atoms with Crippen LogP contribution in [0.4, 0.5) is 8.78 Å². The van der Waals surface area contributed by atoms with Crippen LogP contribution in [0.5, 0.6) is 5.75 Å². The van der Waals surface area contributed by atoms with Crippen molar-refractivity contribution in [3.63, 3.8) is 0 Å². The average Bonchev–Trinajstić information content (AvgIpc) is 2.97. The Hall–Kier alpha value is -0.870. The van der Waals surface area contributed by atoms with Gasteiger partial charge in [0.25, 0.3) is 0 Å². The largest absolute Gasteiger partial charge is 0.434 e. The summed E-state index contributed by atoms with van der Waals surface area (Å²) in [4.78, 5) is 4.41. The zero-order chi connectivity index (χ0) is 18.2. The lowest BCUT2D eigenvalue weighted by Gasteiger charge is -2.18. The van der Waals surface area contributed by atoms with Gasteiger partial charge in [0.2, 0.25) is 0 Å². The summed E-state index contributed by atoms with van der Waals surface area (Å²) in [7, 11) is 0. The summed E-state index contributed by atoms with van der Waals surface area (Å²) in [5, 5.41) is 16.6. The monoisotopic (exact) mass is 503 g/mol. The van der Waals surface area contributed by atoms with Crippen LogP contribution in [0.2, 0.25) is 5.02 Å². The number of halogens is 4. The Morgan fingerprint density at radius 2 is 2.15 bits per heavy atom. The number of aliphatic hydroxyl groups is 1. The Kier molecular flexibility index (Phi) is 10.5. The summed E-state index contributed by atoms with van der Waals surface area (Å²) in [5.74, 6) is 0.822. The maximum absolute atomic E-state index is 12.5. The van der Waals surface area contributed by atoms with Crippen LogP contribution >= 0.6 is 35.6 Å². The number of benzene rings is 1. The van der Waals surface area contributed by atoms with Crippen LogP contribution in [-0.2, 0) is 6.54 Å². The van der Waals surface area contributed by atoms with Gasteiger partial charge in [-0.05, 0) is 38.0 Å². The quantitative estimate of drug-likeness (QED) is 0.301. The lowest BCUT2D eigenvalue weighted by Crippen LogP contribution is -2.41. The van der Waals surface area contributed by atoms with Gasteiger partial charge in [0.05, 0.1) is 12.6 Å². The van der Waals surface area contributed by atoms with Crippen molar-refractivity contribution in [2.45, 2.75) is 45.4 Å². The molecule has 0 spiro atoms. The number of ether oxygens (including phenoxy) is 1. The Labute approximate surface area is 174 Å². The molecule has 2 rings (SSSR count). The number of aliphatic imine (C=N–C) groups is 1. The van der Waals surface area contributed by atoms with E-state index in [9.17, 15) is 13.9 Å². The van der Waals surface area contributed by atoms with E-state index < -0.39 is 6.61 Å². The van der Waals surface area contributed by atoms with E-state index in [0.717, 1.165) is 19.3 Å². The third kappa shape index (κ3) is 7.40. The molecule has 5 nitrogen and oxygen atoms in total. The molecule has 1 aliphatic carbocycles. The van der Waals surface area contributed by atoms with E-state index in [2.05, 4.69) is 20.4 Å². The van der Waals surface area contributed by atoms with Crippen molar-refractivity contribution in [3.8, 4) is 5.75 Å². The van der Waals surface area contributed by atoms with E-state index in [0.29, 0.717) is 29.6 Å². The summed E-state index contributed by atoms with van der Waals surface area (Å²) < 4.78 is 29.5. The minimum absolute atomic E-state index is 0. The average molecular weight is 504 g/mol. The highest BCUT2D eigenvalue weighted by molar-refractivity contribution is 14.0. The standard InChI is InChI=1S/C17H24ClF2N3O2.HI/c1-2-21-17(22-9-11-4-3-5-14(11)24)23-10-12-8-13(18)6-7-15(12)25-16(19)20;/h6-8,11,14,16,24H,2-5,9-10H2,1H3,(H2,21,22,23);1H. The summed E-state index contributed by atoms with van der Waals surface area (Å²) in [6.07, 6.45) is 2.55. The second-order valence-corrected chi connectivity index (χ2v) is 6.40. The Morgan fingerprint density at radius 3 is 2.77 bits per heavy atom. The van der Waals surface area contributed by atoms with Crippen LogP contribution in [0, 0.1) is 5.92 Å². The van der Waals surface area contributed by atoms with Crippen molar-refractivity contribution in [1.82, 2.24) is 10.6 Å². The molecule has 0 heterocycles. The van der Waals surface area contributed by atoms with Crippen molar-refractivity contribution in [2.24, 2.45) is 10.9 Å². The molecule has 148 valence electrons. The fourth-order valence-corrected chi connectivity index (χ4v) is 3.07. The van der Waals surface area contributed by atoms with Gasteiger partial charge in [-0.25, -0.2) is 4.99 Å². The van der Waals surface area contributed by atoms with Crippen LogP contribution in [0.25, 0.3) is 0 Å². The predicted octanol–water partition coefficient (Wildman–Crippen LogP) is 3.78. The first-order valence-electron chi connectivity index (χ1n) is 8.43. The second-order valence-electron chi connectivity index (χ2n) is 5.96. The fourth-order valence-electron chi connectivity index (χ4n) is 2.87. The number of aliphatic hydroxyl groups excluding tert-OH is 1. The first-order valence-corrected chi connectivity index (χ1v) is 8.81. The van der Waals surface area contributed by atoms with Crippen molar-refractivity contribution < 1.29 is 18.6 Å². The first-order chi connectivity index (χ1) is 12.0. The highest BCUT2D eigenvalue weighted by Crippen LogP contribution is 2.26. The highest BCUT2D eigenvalue weighted by atomic mass is 127. The topological polar surface area (TPSA) is 65.9 Å². The maximum Gasteiger partial charge on any atom is 0.387 e. The minimum Gasteiger partial charge on any atom is -0.434 e. The van der Waals surface area contributed by atoms with Crippen molar-refractivity contribution in [1.29, 1.82) is 0 Å².